The molecule has 0 bridgehead atoms. The van der Waals surface area contributed by atoms with Gasteiger partial charge in [-0.1, -0.05) is 23.7 Å². The average molecular weight is 471 g/mol. The lowest BCUT2D eigenvalue weighted by atomic mass is 10.1. The molecule has 0 saturated heterocycles. The fourth-order valence-electron chi connectivity index (χ4n) is 4.68. The summed E-state index contributed by atoms with van der Waals surface area (Å²) in [5.74, 6) is 1.60. The second-order valence-corrected chi connectivity index (χ2v) is 8.45. The molecule has 0 aliphatic heterocycles. The number of nitrogens with zero attached hydrogens (tertiary/aromatic N) is 2. The van der Waals surface area contributed by atoms with Crippen LogP contribution in [0.25, 0.3) is 38.1 Å². The first-order valence-corrected chi connectivity index (χ1v) is 11.1. The highest BCUT2D eigenvalue weighted by Gasteiger charge is 2.22. The summed E-state index contributed by atoms with van der Waals surface area (Å²) in [6.07, 6.45) is 1.76. The van der Waals surface area contributed by atoms with Crippen LogP contribution in [0.3, 0.4) is 0 Å². The SMILES string of the molecule is COc1ccc2c(c1OC)c(=O)n1c3ccc(OCc4cccc(Cl)c4)cc3c3ccnc2c31. The topological polar surface area (TPSA) is 62.1 Å². The van der Waals surface area contributed by atoms with Gasteiger partial charge in [-0.15, -0.1) is 0 Å². The quantitative estimate of drug-likeness (QED) is 0.296. The van der Waals surface area contributed by atoms with E-state index < -0.39 is 0 Å². The van der Waals surface area contributed by atoms with Crippen LogP contribution in [0, 0.1) is 0 Å². The van der Waals surface area contributed by atoms with Gasteiger partial charge in [0.15, 0.2) is 11.5 Å². The highest BCUT2D eigenvalue weighted by molar-refractivity contribution is 6.30. The van der Waals surface area contributed by atoms with Gasteiger partial charge in [-0.25, -0.2) is 0 Å². The summed E-state index contributed by atoms with van der Waals surface area (Å²) in [5, 5.41) is 3.67. The van der Waals surface area contributed by atoms with Crippen LogP contribution < -0.4 is 19.8 Å². The van der Waals surface area contributed by atoms with Gasteiger partial charge >= 0.3 is 0 Å². The number of pyridine rings is 2. The predicted octanol–water partition coefficient (Wildman–Crippen LogP) is 5.84. The number of aromatic nitrogens is 2. The van der Waals surface area contributed by atoms with E-state index in [-0.39, 0.29) is 5.56 Å². The van der Waals surface area contributed by atoms with Crippen LogP contribution in [-0.2, 0) is 6.61 Å². The maximum Gasteiger partial charge on any atom is 0.267 e. The van der Waals surface area contributed by atoms with E-state index in [2.05, 4.69) is 4.98 Å². The highest BCUT2D eigenvalue weighted by Crippen LogP contribution is 2.39. The summed E-state index contributed by atoms with van der Waals surface area (Å²) in [7, 11) is 3.09. The molecule has 3 aromatic carbocycles. The Balaban J connectivity index is 1.60. The molecule has 0 aliphatic rings. The number of benzene rings is 3. The molecule has 3 aromatic heterocycles. The van der Waals surface area contributed by atoms with Gasteiger partial charge in [0, 0.05) is 27.4 Å². The summed E-state index contributed by atoms with van der Waals surface area (Å²) >= 11 is 6.09. The summed E-state index contributed by atoms with van der Waals surface area (Å²) in [6, 6.07) is 18.9. The Hall–Kier alpha value is -4.03. The molecule has 0 saturated carbocycles. The van der Waals surface area contributed by atoms with E-state index in [4.69, 9.17) is 25.8 Å². The first kappa shape index (κ1) is 20.6. The molecule has 168 valence electrons. The van der Waals surface area contributed by atoms with Gasteiger partial charge in [-0.05, 0) is 54.1 Å². The largest absolute Gasteiger partial charge is 0.493 e. The lowest BCUT2D eigenvalue weighted by Gasteiger charge is -2.12. The Kier molecular flexibility index (Phi) is 4.71. The zero-order chi connectivity index (χ0) is 23.4. The minimum Gasteiger partial charge on any atom is -0.493 e. The molecule has 3 heterocycles. The molecular formula is C27H19ClN2O4. The summed E-state index contributed by atoms with van der Waals surface area (Å²) < 4.78 is 18.8. The Morgan fingerprint density at radius 2 is 1.82 bits per heavy atom. The standard InChI is InChI=1S/C27H19ClN2O4/c1-32-22-9-7-19-23(26(22)33-2)27(31)30-21-8-6-17(34-14-15-4-3-5-16(28)12-15)13-20(21)18-10-11-29-24(19)25(18)30/h3-13H,14H2,1-2H3. The van der Waals surface area contributed by atoms with Crippen LogP contribution in [0.15, 0.2) is 71.7 Å². The molecule has 0 fully saturated rings. The number of halogens is 1. The van der Waals surface area contributed by atoms with Gasteiger partial charge < -0.3 is 14.2 Å². The summed E-state index contributed by atoms with van der Waals surface area (Å²) in [5.41, 5.74) is 3.07. The number of hydrogen-bond donors (Lipinski definition) is 0. The average Bonchev–Trinajstić information content (AvgIpc) is 3.20. The van der Waals surface area contributed by atoms with Gasteiger partial charge in [0.25, 0.3) is 5.56 Å². The zero-order valence-electron chi connectivity index (χ0n) is 18.5. The Bertz CT molecular complexity index is 1780. The third-order valence-electron chi connectivity index (χ3n) is 6.16. The zero-order valence-corrected chi connectivity index (χ0v) is 19.2. The van der Waals surface area contributed by atoms with Gasteiger partial charge in [0.2, 0.25) is 0 Å². The number of rotatable bonds is 5. The summed E-state index contributed by atoms with van der Waals surface area (Å²) in [4.78, 5) is 18.4. The van der Waals surface area contributed by atoms with E-state index in [9.17, 15) is 4.79 Å². The van der Waals surface area contributed by atoms with Gasteiger partial charge in [0.05, 0.1) is 36.2 Å². The Morgan fingerprint density at radius 3 is 2.62 bits per heavy atom. The van der Waals surface area contributed by atoms with E-state index in [1.807, 2.05) is 54.6 Å². The van der Waals surface area contributed by atoms with Crippen molar-refractivity contribution in [1.82, 2.24) is 9.38 Å². The molecule has 7 heteroatoms. The van der Waals surface area contributed by atoms with E-state index in [1.165, 1.54) is 7.11 Å². The number of fused-ring (bicyclic) bond motifs is 5. The predicted molar refractivity (Wildman–Crippen MR) is 134 cm³/mol. The fraction of sp³-hybridized carbons (Fsp3) is 0.111. The van der Waals surface area contributed by atoms with Crippen molar-refractivity contribution in [3.63, 3.8) is 0 Å². The van der Waals surface area contributed by atoms with Crippen molar-refractivity contribution in [2.24, 2.45) is 0 Å². The van der Waals surface area contributed by atoms with Crippen LogP contribution in [0.2, 0.25) is 5.02 Å². The minimum absolute atomic E-state index is 0.182. The van der Waals surface area contributed by atoms with Crippen molar-refractivity contribution in [2.75, 3.05) is 14.2 Å². The first-order valence-electron chi connectivity index (χ1n) is 10.7. The van der Waals surface area contributed by atoms with Crippen LogP contribution in [0.4, 0.5) is 0 Å². The maximum atomic E-state index is 13.8. The minimum atomic E-state index is -0.182. The third-order valence-corrected chi connectivity index (χ3v) is 6.39. The molecule has 0 aliphatic carbocycles. The smallest absolute Gasteiger partial charge is 0.267 e. The highest BCUT2D eigenvalue weighted by atomic mass is 35.5. The van der Waals surface area contributed by atoms with E-state index in [0.29, 0.717) is 34.3 Å². The first-order chi connectivity index (χ1) is 16.6. The number of methoxy groups -OCH3 is 2. The van der Waals surface area contributed by atoms with Crippen molar-refractivity contribution in [2.45, 2.75) is 6.61 Å². The van der Waals surface area contributed by atoms with Gasteiger partial charge in [-0.3, -0.25) is 14.2 Å². The van der Waals surface area contributed by atoms with Crippen LogP contribution >= 0.6 is 11.6 Å². The molecule has 0 unspecified atom stereocenters. The van der Waals surface area contributed by atoms with Crippen molar-refractivity contribution in [3.05, 3.63) is 87.8 Å². The second-order valence-electron chi connectivity index (χ2n) is 8.02. The Labute approximate surface area is 199 Å². The summed E-state index contributed by atoms with van der Waals surface area (Å²) in [6.45, 7) is 0.388. The van der Waals surface area contributed by atoms with Gasteiger partial charge in [-0.2, -0.15) is 0 Å². The molecule has 0 N–H and O–H groups in total. The number of ether oxygens (including phenoxy) is 3. The Morgan fingerprint density at radius 1 is 0.941 bits per heavy atom. The molecule has 0 amide bonds. The van der Waals surface area contributed by atoms with Crippen molar-refractivity contribution < 1.29 is 14.2 Å². The fourth-order valence-corrected chi connectivity index (χ4v) is 4.90. The van der Waals surface area contributed by atoms with Gasteiger partial charge in [0.1, 0.15) is 12.4 Å². The van der Waals surface area contributed by atoms with Crippen molar-refractivity contribution >= 4 is 49.7 Å². The molecule has 0 atom stereocenters. The molecule has 0 spiro atoms. The van der Waals surface area contributed by atoms with E-state index >= 15 is 0 Å². The molecule has 0 radical (unpaired) electrons. The lowest BCUT2D eigenvalue weighted by Crippen LogP contribution is -2.14. The normalized spacial score (nSPS) is 11.6. The molecular weight excluding hydrogens is 452 g/mol. The lowest BCUT2D eigenvalue weighted by molar-refractivity contribution is 0.306. The molecule has 34 heavy (non-hydrogen) atoms. The van der Waals surface area contributed by atoms with Crippen LogP contribution in [0.5, 0.6) is 17.2 Å². The van der Waals surface area contributed by atoms with Crippen molar-refractivity contribution in [1.29, 1.82) is 0 Å². The van der Waals surface area contributed by atoms with Crippen LogP contribution in [0.1, 0.15) is 5.56 Å². The third kappa shape index (κ3) is 2.96. The molecule has 6 aromatic rings. The number of hydrogen-bond acceptors (Lipinski definition) is 5. The maximum absolute atomic E-state index is 13.8. The van der Waals surface area contributed by atoms with E-state index in [1.54, 1.807) is 23.8 Å². The second kappa shape index (κ2) is 7.78. The van der Waals surface area contributed by atoms with Crippen LogP contribution in [-0.4, -0.2) is 23.6 Å². The molecule has 6 nitrogen and oxygen atoms in total. The van der Waals surface area contributed by atoms with E-state index in [0.717, 1.165) is 38.3 Å². The monoisotopic (exact) mass is 470 g/mol. The van der Waals surface area contributed by atoms with Crippen molar-refractivity contribution in [3.8, 4) is 17.2 Å². The molecule has 6 rings (SSSR count).